The van der Waals surface area contributed by atoms with Gasteiger partial charge in [0.2, 0.25) is 10.0 Å². The van der Waals surface area contributed by atoms with Gasteiger partial charge in [-0.3, -0.25) is 4.68 Å². The lowest BCUT2D eigenvalue weighted by atomic mass is 10.5. The lowest BCUT2D eigenvalue weighted by Gasteiger charge is -2.17. The summed E-state index contributed by atoms with van der Waals surface area (Å²) in [5.41, 5.74) is 0.668. The maximum Gasteiger partial charge on any atom is 0.246 e. The van der Waals surface area contributed by atoms with Crippen molar-refractivity contribution in [1.29, 1.82) is 0 Å². The largest absolute Gasteiger partial charge is 0.272 e. The summed E-state index contributed by atoms with van der Waals surface area (Å²) in [4.78, 5) is 0.300. The molecule has 1 rings (SSSR count). The Kier molecular flexibility index (Phi) is 3.51. The molecule has 0 saturated heterocycles. The van der Waals surface area contributed by atoms with Gasteiger partial charge in [0.1, 0.15) is 4.90 Å². The molecular weight excluding hydrogens is 214 g/mol. The van der Waals surface area contributed by atoms with Crippen LogP contribution in [-0.4, -0.2) is 35.6 Å². The molecule has 0 fully saturated rings. The van der Waals surface area contributed by atoms with Gasteiger partial charge in [0.15, 0.2) is 0 Å². The lowest BCUT2D eigenvalue weighted by molar-refractivity contribution is 0.444. The standard InChI is InChI=1S/C9H17N3O2S/c1-5-12(6-2)15(13,14)9-7-10-11(4)8(9)3/h7H,5-6H2,1-4H3. The molecular formula is C9H17N3O2S. The Hall–Kier alpha value is -0.880. The minimum absolute atomic E-state index is 0.300. The number of nitrogens with zero attached hydrogens (tertiary/aromatic N) is 3. The summed E-state index contributed by atoms with van der Waals surface area (Å²) in [6, 6.07) is 0. The quantitative estimate of drug-likeness (QED) is 0.768. The zero-order valence-corrected chi connectivity index (χ0v) is 10.4. The van der Waals surface area contributed by atoms with Crippen LogP contribution in [0, 0.1) is 6.92 Å². The van der Waals surface area contributed by atoms with E-state index in [9.17, 15) is 8.42 Å². The van der Waals surface area contributed by atoms with E-state index < -0.39 is 10.0 Å². The third-order valence-electron chi connectivity index (χ3n) is 2.51. The first-order valence-electron chi connectivity index (χ1n) is 4.93. The zero-order chi connectivity index (χ0) is 11.6. The molecule has 0 bridgehead atoms. The normalized spacial score (nSPS) is 12.3. The monoisotopic (exact) mass is 231 g/mol. The van der Waals surface area contributed by atoms with Crippen molar-refractivity contribution in [3.05, 3.63) is 11.9 Å². The molecule has 0 radical (unpaired) electrons. The maximum absolute atomic E-state index is 12.1. The minimum Gasteiger partial charge on any atom is -0.272 e. The van der Waals surface area contributed by atoms with E-state index in [0.717, 1.165) is 0 Å². The molecule has 0 aromatic carbocycles. The Labute approximate surface area is 90.7 Å². The number of sulfonamides is 1. The van der Waals surface area contributed by atoms with Crippen LogP contribution in [0.3, 0.4) is 0 Å². The Morgan fingerprint density at radius 1 is 1.40 bits per heavy atom. The molecule has 0 atom stereocenters. The van der Waals surface area contributed by atoms with Gasteiger partial charge in [-0.25, -0.2) is 8.42 Å². The van der Waals surface area contributed by atoms with Gasteiger partial charge in [-0.1, -0.05) is 13.8 Å². The molecule has 0 aliphatic carbocycles. The van der Waals surface area contributed by atoms with Crippen LogP contribution in [0.25, 0.3) is 0 Å². The molecule has 1 heterocycles. The van der Waals surface area contributed by atoms with Crippen LogP contribution in [0.5, 0.6) is 0 Å². The van der Waals surface area contributed by atoms with E-state index in [1.807, 2.05) is 13.8 Å². The molecule has 5 nitrogen and oxygen atoms in total. The predicted octanol–water partition coefficient (Wildman–Crippen LogP) is 0.759. The molecule has 86 valence electrons. The van der Waals surface area contributed by atoms with Crippen molar-refractivity contribution in [3.63, 3.8) is 0 Å². The zero-order valence-electron chi connectivity index (χ0n) is 9.56. The summed E-state index contributed by atoms with van der Waals surface area (Å²) >= 11 is 0. The summed E-state index contributed by atoms with van der Waals surface area (Å²) in [6.45, 7) is 6.36. The Morgan fingerprint density at radius 2 is 1.93 bits per heavy atom. The molecule has 0 saturated carbocycles. The second kappa shape index (κ2) is 4.32. The van der Waals surface area contributed by atoms with Crippen molar-refractivity contribution < 1.29 is 8.42 Å². The molecule has 0 unspecified atom stereocenters. The average molecular weight is 231 g/mol. The van der Waals surface area contributed by atoms with Gasteiger partial charge in [0.25, 0.3) is 0 Å². The van der Waals surface area contributed by atoms with Crippen LogP contribution >= 0.6 is 0 Å². The van der Waals surface area contributed by atoms with Crippen molar-refractivity contribution in [2.45, 2.75) is 25.7 Å². The molecule has 1 aromatic rings. The van der Waals surface area contributed by atoms with Gasteiger partial charge >= 0.3 is 0 Å². The summed E-state index contributed by atoms with van der Waals surface area (Å²) in [5, 5.41) is 3.94. The number of rotatable bonds is 4. The second-order valence-electron chi connectivity index (χ2n) is 3.31. The predicted molar refractivity (Wildman–Crippen MR) is 58.1 cm³/mol. The molecule has 0 spiro atoms. The topological polar surface area (TPSA) is 55.2 Å². The number of hydrogen-bond donors (Lipinski definition) is 0. The fourth-order valence-corrected chi connectivity index (χ4v) is 3.08. The highest BCUT2D eigenvalue weighted by Crippen LogP contribution is 2.18. The molecule has 0 aliphatic rings. The van der Waals surface area contributed by atoms with Crippen LogP contribution in [0.4, 0.5) is 0 Å². The van der Waals surface area contributed by atoms with Crippen molar-refractivity contribution >= 4 is 10.0 Å². The summed E-state index contributed by atoms with van der Waals surface area (Å²) in [6.07, 6.45) is 1.41. The first kappa shape index (κ1) is 12.2. The van der Waals surface area contributed by atoms with Gasteiger partial charge in [-0.15, -0.1) is 0 Å². The van der Waals surface area contributed by atoms with E-state index >= 15 is 0 Å². The van der Waals surface area contributed by atoms with Gasteiger partial charge in [-0.2, -0.15) is 9.40 Å². The third kappa shape index (κ3) is 2.05. The summed E-state index contributed by atoms with van der Waals surface area (Å²) in [5.74, 6) is 0. The minimum atomic E-state index is -3.36. The first-order chi connectivity index (χ1) is 6.95. The third-order valence-corrected chi connectivity index (χ3v) is 4.67. The smallest absolute Gasteiger partial charge is 0.246 e. The lowest BCUT2D eigenvalue weighted by Crippen LogP contribution is -2.30. The first-order valence-corrected chi connectivity index (χ1v) is 6.37. The van der Waals surface area contributed by atoms with E-state index in [1.165, 1.54) is 10.5 Å². The van der Waals surface area contributed by atoms with E-state index in [-0.39, 0.29) is 0 Å². The van der Waals surface area contributed by atoms with Gasteiger partial charge < -0.3 is 0 Å². The highest BCUT2D eigenvalue weighted by Gasteiger charge is 2.25. The van der Waals surface area contributed by atoms with Gasteiger partial charge in [0, 0.05) is 20.1 Å². The van der Waals surface area contributed by atoms with Crippen LogP contribution in [-0.2, 0) is 17.1 Å². The highest BCUT2D eigenvalue weighted by molar-refractivity contribution is 7.89. The van der Waals surface area contributed by atoms with Crippen molar-refractivity contribution in [2.24, 2.45) is 7.05 Å². The van der Waals surface area contributed by atoms with Crippen molar-refractivity contribution in [2.75, 3.05) is 13.1 Å². The summed E-state index contributed by atoms with van der Waals surface area (Å²) in [7, 11) is -1.63. The molecule has 15 heavy (non-hydrogen) atoms. The molecule has 0 N–H and O–H groups in total. The molecule has 0 amide bonds. The maximum atomic E-state index is 12.1. The number of hydrogen-bond acceptors (Lipinski definition) is 3. The fourth-order valence-electron chi connectivity index (χ4n) is 1.43. The summed E-state index contributed by atoms with van der Waals surface area (Å²) < 4.78 is 27.2. The van der Waals surface area contributed by atoms with Crippen LogP contribution in [0.2, 0.25) is 0 Å². The number of aryl methyl sites for hydroxylation is 1. The second-order valence-corrected chi connectivity index (χ2v) is 5.21. The van der Waals surface area contributed by atoms with Crippen LogP contribution in [0.15, 0.2) is 11.1 Å². The van der Waals surface area contributed by atoms with Crippen molar-refractivity contribution in [1.82, 2.24) is 14.1 Å². The average Bonchev–Trinajstić information content (AvgIpc) is 2.49. The highest BCUT2D eigenvalue weighted by atomic mass is 32.2. The molecule has 6 heteroatoms. The van der Waals surface area contributed by atoms with E-state index in [1.54, 1.807) is 18.7 Å². The Morgan fingerprint density at radius 3 is 2.27 bits per heavy atom. The molecule has 1 aromatic heterocycles. The van der Waals surface area contributed by atoms with Crippen LogP contribution < -0.4 is 0 Å². The Bertz CT molecular complexity index is 432. The Balaban J connectivity index is 3.22. The van der Waals surface area contributed by atoms with Gasteiger partial charge in [0.05, 0.1) is 11.9 Å². The van der Waals surface area contributed by atoms with Crippen molar-refractivity contribution in [3.8, 4) is 0 Å². The van der Waals surface area contributed by atoms with Crippen LogP contribution in [0.1, 0.15) is 19.5 Å². The molecule has 0 aliphatic heterocycles. The van der Waals surface area contributed by atoms with E-state index in [4.69, 9.17) is 0 Å². The number of aromatic nitrogens is 2. The SMILES string of the molecule is CCN(CC)S(=O)(=O)c1cnn(C)c1C. The van der Waals surface area contributed by atoms with E-state index in [2.05, 4.69) is 5.10 Å². The fraction of sp³-hybridized carbons (Fsp3) is 0.667. The van der Waals surface area contributed by atoms with E-state index in [0.29, 0.717) is 23.7 Å². The van der Waals surface area contributed by atoms with Gasteiger partial charge in [-0.05, 0) is 6.92 Å².